The molecule has 0 bridgehead atoms. The largest absolute Gasteiger partial charge is 0.462 e. The lowest BCUT2D eigenvalue weighted by Crippen LogP contribution is -2.34. The highest BCUT2D eigenvalue weighted by Crippen LogP contribution is 2.40. The summed E-state index contributed by atoms with van der Waals surface area (Å²) >= 11 is 0. The zero-order valence-electron chi connectivity index (χ0n) is 21.6. The van der Waals surface area contributed by atoms with Gasteiger partial charge >= 0.3 is 6.11 Å². The summed E-state index contributed by atoms with van der Waals surface area (Å²) in [5, 5.41) is 0. The molecule has 0 amide bonds. The van der Waals surface area contributed by atoms with E-state index in [-0.39, 0.29) is 11.5 Å². The number of hydrogen-bond acceptors (Lipinski definition) is 4. The van der Waals surface area contributed by atoms with Crippen LogP contribution >= 0.6 is 0 Å². The average molecular weight is 559 g/mol. The first-order chi connectivity index (χ1) is 18.7. The Labute approximate surface area is 223 Å². The second-order valence-electron chi connectivity index (χ2n) is 10.1. The summed E-state index contributed by atoms with van der Waals surface area (Å²) < 4.78 is 104. The molecule has 2 aromatic rings. The van der Waals surface area contributed by atoms with Gasteiger partial charge in [-0.1, -0.05) is 38.7 Å². The van der Waals surface area contributed by atoms with Crippen LogP contribution in [0.15, 0.2) is 48.7 Å². The van der Waals surface area contributed by atoms with E-state index in [2.05, 4.69) is 11.7 Å². The second kappa shape index (κ2) is 13.1. The van der Waals surface area contributed by atoms with E-state index in [4.69, 9.17) is 14.2 Å². The molecular weight excluding hydrogens is 526 g/mol. The van der Waals surface area contributed by atoms with Gasteiger partial charge in [-0.05, 0) is 48.9 Å². The number of allylic oxidation sites excluding steroid dienone is 1. The fourth-order valence-electron chi connectivity index (χ4n) is 5.27. The Bertz CT molecular complexity index is 1110. The highest BCUT2D eigenvalue weighted by molar-refractivity contribution is 5.35. The fourth-order valence-corrected chi connectivity index (χ4v) is 5.27. The molecule has 0 atom stereocenters. The van der Waals surface area contributed by atoms with Crippen molar-refractivity contribution < 1.29 is 45.3 Å². The number of benzene rings is 2. The Kier molecular flexibility index (Phi) is 9.82. The van der Waals surface area contributed by atoms with Crippen molar-refractivity contribution in [2.75, 3.05) is 13.2 Å². The summed E-state index contributed by atoms with van der Waals surface area (Å²) in [6, 6.07) is 5.54. The van der Waals surface area contributed by atoms with Crippen LogP contribution in [0.5, 0.6) is 11.5 Å². The lowest BCUT2D eigenvalue weighted by molar-refractivity contribution is -0.215. The summed E-state index contributed by atoms with van der Waals surface area (Å²) in [5.41, 5.74) is -0.786. The van der Waals surface area contributed by atoms with Crippen LogP contribution in [-0.4, -0.2) is 19.6 Å². The Balaban J connectivity index is 1.34. The van der Waals surface area contributed by atoms with E-state index in [1.54, 1.807) is 0 Å². The van der Waals surface area contributed by atoms with Crippen LogP contribution in [0.25, 0.3) is 0 Å². The van der Waals surface area contributed by atoms with E-state index >= 15 is 0 Å². The number of rotatable bonds is 10. The van der Waals surface area contributed by atoms with Crippen molar-refractivity contribution in [2.24, 2.45) is 17.8 Å². The van der Waals surface area contributed by atoms with E-state index < -0.39 is 47.5 Å². The van der Waals surface area contributed by atoms with Crippen LogP contribution in [0.1, 0.15) is 62.9 Å². The first-order valence-electron chi connectivity index (χ1n) is 13.2. The monoisotopic (exact) mass is 558 g/mol. The van der Waals surface area contributed by atoms with Crippen molar-refractivity contribution in [1.82, 2.24) is 0 Å². The van der Waals surface area contributed by atoms with Crippen molar-refractivity contribution in [1.29, 1.82) is 0 Å². The van der Waals surface area contributed by atoms with Gasteiger partial charge in [-0.3, -0.25) is 0 Å². The fraction of sp³-hybridized carbons (Fsp3) is 0.517. The van der Waals surface area contributed by atoms with Crippen LogP contribution < -0.4 is 9.47 Å². The summed E-state index contributed by atoms with van der Waals surface area (Å²) in [6.07, 6.45) is 0.324. The molecule has 1 saturated heterocycles. The molecule has 4 rings (SSSR count). The third-order valence-electron chi connectivity index (χ3n) is 7.33. The van der Waals surface area contributed by atoms with E-state index in [1.807, 2.05) is 0 Å². The first kappa shape index (κ1) is 29.3. The van der Waals surface area contributed by atoms with E-state index in [0.29, 0.717) is 37.5 Å². The lowest BCUT2D eigenvalue weighted by atomic mass is 9.75. The predicted octanol–water partition coefficient (Wildman–Crippen LogP) is 8.52. The molecule has 39 heavy (non-hydrogen) atoms. The van der Waals surface area contributed by atoms with Crippen molar-refractivity contribution in [3.63, 3.8) is 0 Å². The second-order valence-corrected chi connectivity index (χ2v) is 10.1. The number of alkyl halides is 4. The van der Waals surface area contributed by atoms with Gasteiger partial charge in [-0.15, -0.1) is 0 Å². The first-order valence-corrected chi connectivity index (χ1v) is 13.2. The number of hydrogen-bond donors (Lipinski definition) is 0. The molecule has 2 fully saturated rings. The summed E-state index contributed by atoms with van der Waals surface area (Å²) in [6.45, 7) is 3.12. The molecule has 0 radical (unpaired) electrons. The Morgan fingerprint density at radius 3 is 2.28 bits per heavy atom. The molecule has 10 heteroatoms. The van der Waals surface area contributed by atoms with Crippen LogP contribution in [-0.2, 0) is 15.6 Å². The molecule has 4 nitrogen and oxygen atoms in total. The maximum Gasteiger partial charge on any atom is 0.429 e. The molecule has 0 unspecified atom stereocenters. The van der Waals surface area contributed by atoms with Crippen LogP contribution in [0.3, 0.4) is 0 Å². The van der Waals surface area contributed by atoms with Gasteiger partial charge in [0.25, 0.3) is 6.43 Å². The predicted molar refractivity (Wildman–Crippen MR) is 132 cm³/mol. The van der Waals surface area contributed by atoms with Gasteiger partial charge in [-0.2, -0.15) is 8.78 Å². The third kappa shape index (κ3) is 7.69. The van der Waals surface area contributed by atoms with Crippen LogP contribution in [0.2, 0.25) is 0 Å². The third-order valence-corrected chi connectivity index (χ3v) is 7.33. The van der Waals surface area contributed by atoms with Gasteiger partial charge in [0.2, 0.25) is 0 Å². The molecule has 0 spiro atoms. The van der Waals surface area contributed by atoms with Crippen molar-refractivity contribution >= 4 is 0 Å². The van der Waals surface area contributed by atoms with E-state index in [1.165, 1.54) is 31.7 Å². The molecular formula is C29H32F6O4. The summed E-state index contributed by atoms with van der Waals surface area (Å²) in [4.78, 5) is 0. The van der Waals surface area contributed by atoms with Gasteiger partial charge in [0.1, 0.15) is 11.6 Å². The Morgan fingerprint density at radius 1 is 0.949 bits per heavy atom. The van der Waals surface area contributed by atoms with E-state index in [0.717, 1.165) is 43.0 Å². The standard InChI is InChI=1S/C29H32F6O4/c1-2-3-18-4-6-19(7-5-18)21-16-37-28(38-17-21)20-8-10-23(24(30)14-20)29(34,35)39-22-9-11-26(25(31)15-22)36-13-12-27(32)33/h8-15,18-19,21,27-28H,2-7,16-17H2,1H3. The van der Waals surface area contributed by atoms with Gasteiger partial charge in [0.05, 0.1) is 25.0 Å². The normalized spacial score (nSPS) is 24.3. The minimum atomic E-state index is -4.14. The maximum atomic E-state index is 14.8. The van der Waals surface area contributed by atoms with Gasteiger partial charge in [0.15, 0.2) is 17.9 Å². The van der Waals surface area contributed by atoms with E-state index in [9.17, 15) is 26.3 Å². The molecule has 2 aromatic carbocycles. The SMILES string of the molecule is CCCC1CCC(C2COC(c3ccc(C(F)(F)Oc4ccc(OC=CC(F)F)c(F)c4)c(F)c3)OC2)CC1. The van der Waals surface area contributed by atoms with Gasteiger partial charge < -0.3 is 18.9 Å². The molecule has 1 aliphatic heterocycles. The quantitative estimate of drug-likeness (QED) is 0.216. The number of ether oxygens (including phenoxy) is 4. The Hall–Kier alpha value is -2.72. The van der Waals surface area contributed by atoms with Crippen LogP contribution in [0.4, 0.5) is 26.3 Å². The summed E-state index contributed by atoms with van der Waals surface area (Å²) in [5.74, 6) is -1.88. The summed E-state index contributed by atoms with van der Waals surface area (Å²) in [7, 11) is 0. The topological polar surface area (TPSA) is 36.9 Å². The van der Waals surface area contributed by atoms with Crippen LogP contribution in [0, 0.1) is 29.4 Å². The molecule has 0 N–H and O–H groups in total. The minimum absolute atomic E-state index is 0.253. The van der Waals surface area contributed by atoms with Gasteiger partial charge in [-0.25, -0.2) is 17.6 Å². The minimum Gasteiger partial charge on any atom is -0.462 e. The average Bonchev–Trinajstić information content (AvgIpc) is 2.90. The zero-order valence-corrected chi connectivity index (χ0v) is 21.6. The molecule has 2 aliphatic rings. The molecule has 0 aromatic heterocycles. The van der Waals surface area contributed by atoms with Crippen molar-refractivity contribution in [3.8, 4) is 11.5 Å². The van der Waals surface area contributed by atoms with Crippen molar-refractivity contribution in [3.05, 3.63) is 71.5 Å². The van der Waals surface area contributed by atoms with Gasteiger partial charge in [0, 0.05) is 23.6 Å². The maximum absolute atomic E-state index is 14.8. The highest BCUT2D eigenvalue weighted by atomic mass is 19.3. The molecule has 1 saturated carbocycles. The highest BCUT2D eigenvalue weighted by Gasteiger charge is 2.39. The molecule has 214 valence electrons. The molecule has 1 heterocycles. The van der Waals surface area contributed by atoms with Crippen molar-refractivity contribution in [2.45, 2.75) is 64.3 Å². The Morgan fingerprint density at radius 2 is 1.67 bits per heavy atom. The smallest absolute Gasteiger partial charge is 0.429 e. The zero-order chi connectivity index (χ0) is 28.0. The number of halogens is 6. The molecule has 1 aliphatic carbocycles. The lowest BCUT2D eigenvalue weighted by Gasteiger charge is -2.38.